The minimum atomic E-state index is -0.401. The molecule has 2 aromatic heterocycles. The van der Waals surface area contributed by atoms with Crippen LogP contribution in [-0.4, -0.2) is 62.9 Å². The third-order valence-electron chi connectivity index (χ3n) is 6.98. The standard InChI is InChI=1S/C24H28N6O2/c31-23(20-17-29-14-11-25-10-6-21(29)26-20)28-12-8-24(9-13-28)22-18(7-15-32-24)16-30(27-22)19-4-2-1-3-5-19/h1-5,16-17,25H,6-15H2. The molecule has 3 aliphatic rings. The molecule has 6 rings (SSSR count). The minimum Gasteiger partial charge on any atom is -0.368 e. The van der Waals surface area contributed by atoms with E-state index in [1.165, 1.54) is 5.56 Å². The molecule has 8 nitrogen and oxygen atoms in total. The molecule has 1 N–H and O–H groups in total. The van der Waals surface area contributed by atoms with Crippen molar-refractivity contribution >= 4 is 5.91 Å². The molecule has 5 heterocycles. The fourth-order valence-corrected chi connectivity index (χ4v) is 5.20. The van der Waals surface area contributed by atoms with Crippen LogP contribution in [0.25, 0.3) is 5.69 Å². The highest BCUT2D eigenvalue weighted by Gasteiger charge is 2.44. The van der Waals surface area contributed by atoms with Gasteiger partial charge in [0.05, 0.1) is 18.0 Å². The monoisotopic (exact) mass is 432 g/mol. The topological polar surface area (TPSA) is 77.2 Å². The van der Waals surface area contributed by atoms with Crippen molar-refractivity contribution in [2.45, 2.75) is 37.8 Å². The fourth-order valence-electron chi connectivity index (χ4n) is 5.20. The summed E-state index contributed by atoms with van der Waals surface area (Å²) in [5.41, 5.74) is 3.52. The van der Waals surface area contributed by atoms with Crippen LogP contribution in [0.15, 0.2) is 42.7 Å². The normalized spacial score (nSPS) is 19.9. The summed E-state index contributed by atoms with van der Waals surface area (Å²) >= 11 is 0. The summed E-state index contributed by atoms with van der Waals surface area (Å²) < 4.78 is 10.4. The second-order valence-electron chi connectivity index (χ2n) is 8.90. The Morgan fingerprint density at radius 1 is 1.03 bits per heavy atom. The van der Waals surface area contributed by atoms with Gasteiger partial charge in [0.1, 0.15) is 17.1 Å². The zero-order chi connectivity index (χ0) is 21.5. The van der Waals surface area contributed by atoms with Crippen molar-refractivity contribution in [3.05, 3.63) is 65.5 Å². The number of likely N-dealkylation sites (tertiary alicyclic amines) is 1. The van der Waals surface area contributed by atoms with E-state index in [2.05, 4.69) is 33.2 Å². The maximum absolute atomic E-state index is 13.2. The Morgan fingerprint density at radius 2 is 1.88 bits per heavy atom. The Kier molecular flexibility index (Phi) is 4.84. The molecule has 1 saturated heterocycles. The third-order valence-corrected chi connectivity index (χ3v) is 6.98. The summed E-state index contributed by atoms with van der Waals surface area (Å²) in [4.78, 5) is 19.8. The van der Waals surface area contributed by atoms with Gasteiger partial charge in [-0.25, -0.2) is 9.67 Å². The first kappa shape index (κ1) is 19.7. The second-order valence-corrected chi connectivity index (χ2v) is 8.90. The lowest BCUT2D eigenvalue weighted by atomic mass is 9.83. The molecular weight excluding hydrogens is 404 g/mol. The summed E-state index contributed by atoms with van der Waals surface area (Å²) in [6.07, 6.45) is 7.31. The zero-order valence-electron chi connectivity index (χ0n) is 18.2. The zero-order valence-corrected chi connectivity index (χ0v) is 18.2. The van der Waals surface area contributed by atoms with Crippen LogP contribution >= 0.6 is 0 Å². The smallest absolute Gasteiger partial charge is 0.274 e. The molecule has 1 spiro atoms. The van der Waals surface area contributed by atoms with E-state index in [-0.39, 0.29) is 5.91 Å². The van der Waals surface area contributed by atoms with Crippen molar-refractivity contribution < 1.29 is 9.53 Å². The van der Waals surface area contributed by atoms with Crippen LogP contribution in [0.3, 0.4) is 0 Å². The quantitative estimate of drug-likeness (QED) is 0.670. The number of benzene rings is 1. The lowest BCUT2D eigenvalue weighted by Crippen LogP contribution is -2.48. The number of rotatable bonds is 2. The number of nitrogens with one attached hydrogen (secondary N) is 1. The van der Waals surface area contributed by atoms with Crippen LogP contribution in [0, 0.1) is 0 Å². The number of carbonyl (C=O) groups is 1. The average molecular weight is 433 g/mol. The van der Waals surface area contributed by atoms with E-state index < -0.39 is 5.60 Å². The predicted octanol–water partition coefficient (Wildman–Crippen LogP) is 1.92. The summed E-state index contributed by atoms with van der Waals surface area (Å²) in [5, 5.41) is 8.31. The van der Waals surface area contributed by atoms with Crippen LogP contribution in [0.4, 0.5) is 0 Å². The van der Waals surface area contributed by atoms with E-state index in [4.69, 9.17) is 9.84 Å². The Balaban J connectivity index is 1.20. The Morgan fingerprint density at radius 3 is 2.72 bits per heavy atom. The molecule has 1 fully saturated rings. The third kappa shape index (κ3) is 3.34. The fraction of sp³-hybridized carbons (Fsp3) is 0.458. The van der Waals surface area contributed by atoms with Gasteiger partial charge in [-0.05, 0) is 37.0 Å². The number of fused-ring (bicyclic) bond motifs is 3. The molecule has 0 unspecified atom stereocenters. The number of nitrogens with zero attached hydrogens (tertiary/aromatic N) is 5. The van der Waals surface area contributed by atoms with Gasteiger partial charge in [0.2, 0.25) is 0 Å². The highest BCUT2D eigenvalue weighted by atomic mass is 16.5. The van der Waals surface area contributed by atoms with Gasteiger partial charge in [-0.15, -0.1) is 0 Å². The Bertz CT molecular complexity index is 1100. The van der Waals surface area contributed by atoms with E-state index in [1.807, 2.05) is 34.0 Å². The second kappa shape index (κ2) is 7.86. The Labute approximate surface area is 187 Å². The van der Waals surface area contributed by atoms with Crippen LogP contribution < -0.4 is 5.32 Å². The van der Waals surface area contributed by atoms with Crippen LogP contribution in [-0.2, 0) is 29.7 Å². The lowest BCUT2D eigenvalue weighted by Gasteiger charge is -2.42. The van der Waals surface area contributed by atoms with E-state index >= 15 is 0 Å². The van der Waals surface area contributed by atoms with Gasteiger partial charge < -0.3 is 19.5 Å². The molecule has 8 heteroatoms. The summed E-state index contributed by atoms with van der Waals surface area (Å²) in [7, 11) is 0. The highest BCUT2D eigenvalue weighted by molar-refractivity contribution is 5.92. The summed E-state index contributed by atoms with van der Waals surface area (Å²) in [5.74, 6) is 1.03. The SMILES string of the molecule is O=C(c1cn2c(n1)CCNCC2)N1CCC2(CC1)OCCc1cn(-c3ccccc3)nc12. The lowest BCUT2D eigenvalue weighted by molar-refractivity contribution is -0.0963. The highest BCUT2D eigenvalue weighted by Crippen LogP contribution is 2.41. The first-order valence-electron chi connectivity index (χ1n) is 11.6. The predicted molar refractivity (Wildman–Crippen MR) is 119 cm³/mol. The van der Waals surface area contributed by atoms with Gasteiger partial charge in [0.15, 0.2) is 0 Å². The van der Waals surface area contributed by atoms with Gasteiger partial charge in [0.25, 0.3) is 5.91 Å². The van der Waals surface area contributed by atoms with Crippen molar-refractivity contribution in [1.82, 2.24) is 29.5 Å². The van der Waals surface area contributed by atoms with E-state index in [9.17, 15) is 4.79 Å². The molecule has 0 saturated carbocycles. The molecule has 1 aromatic carbocycles. The minimum absolute atomic E-state index is 0.0271. The summed E-state index contributed by atoms with van der Waals surface area (Å²) in [6, 6.07) is 10.2. The molecule has 0 radical (unpaired) electrons. The molecular formula is C24H28N6O2. The van der Waals surface area contributed by atoms with Crippen LogP contribution in [0.1, 0.15) is 40.4 Å². The number of amides is 1. The first-order chi connectivity index (χ1) is 15.7. The number of para-hydroxylation sites is 1. The van der Waals surface area contributed by atoms with Gasteiger partial charge in [-0.2, -0.15) is 5.10 Å². The van der Waals surface area contributed by atoms with Crippen molar-refractivity contribution in [2.75, 3.05) is 32.8 Å². The molecule has 0 bridgehead atoms. The molecule has 3 aliphatic heterocycles. The number of hydrogen-bond donors (Lipinski definition) is 1. The molecule has 166 valence electrons. The number of carbonyl (C=O) groups excluding carboxylic acids is 1. The van der Waals surface area contributed by atoms with Gasteiger partial charge in [-0.3, -0.25) is 4.79 Å². The largest absolute Gasteiger partial charge is 0.368 e. The maximum atomic E-state index is 13.2. The van der Waals surface area contributed by atoms with E-state index in [0.29, 0.717) is 25.4 Å². The number of piperidine rings is 1. The Hall–Kier alpha value is -2.97. The van der Waals surface area contributed by atoms with Crippen molar-refractivity contribution in [1.29, 1.82) is 0 Å². The van der Waals surface area contributed by atoms with Gasteiger partial charge in [-0.1, -0.05) is 18.2 Å². The van der Waals surface area contributed by atoms with E-state index in [1.54, 1.807) is 0 Å². The first-order valence-corrected chi connectivity index (χ1v) is 11.6. The number of aromatic nitrogens is 4. The number of hydrogen-bond acceptors (Lipinski definition) is 5. The van der Waals surface area contributed by atoms with E-state index in [0.717, 1.165) is 62.5 Å². The van der Waals surface area contributed by atoms with Crippen LogP contribution in [0.2, 0.25) is 0 Å². The molecule has 0 aliphatic carbocycles. The maximum Gasteiger partial charge on any atom is 0.274 e. The number of imidazole rings is 1. The molecule has 3 aromatic rings. The van der Waals surface area contributed by atoms with Crippen molar-refractivity contribution in [3.8, 4) is 5.69 Å². The average Bonchev–Trinajstić information content (AvgIpc) is 3.39. The molecule has 0 atom stereocenters. The number of ether oxygens (including phenoxy) is 1. The summed E-state index contributed by atoms with van der Waals surface area (Å²) in [6.45, 7) is 4.69. The van der Waals surface area contributed by atoms with Crippen LogP contribution in [0.5, 0.6) is 0 Å². The van der Waals surface area contributed by atoms with Crippen molar-refractivity contribution in [3.63, 3.8) is 0 Å². The van der Waals surface area contributed by atoms with Crippen molar-refractivity contribution in [2.24, 2.45) is 0 Å². The van der Waals surface area contributed by atoms with Gasteiger partial charge in [0, 0.05) is 51.5 Å². The molecule has 32 heavy (non-hydrogen) atoms. The molecule has 1 amide bonds. The van der Waals surface area contributed by atoms with Gasteiger partial charge >= 0.3 is 0 Å².